The summed E-state index contributed by atoms with van der Waals surface area (Å²) in [4.78, 5) is 4.38. The van der Waals surface area contributed by atoms with Crippen molar-refractivity contribution in [1.82, 2.24) is 14.9 Å². The smallest absolute Gasteiger partial charge is 0.0994 e. The summed E-state index contributed by atoms with van der Waals surface area (Å²) in [6.07, 6.45) is 5.10. The highest BCUT2D eigenvalue weighted by Gasteiger charge is 2.33. The van der Waals surface area contributed by atoms with Gasteiger partial charge in [0.1, 0.15) is 0 Å². The van der Waals surface area contributed by atoms with Gasteiger partial charge in [-0.3, -0.25) is 0 Å². The van der Waals surface area contributed by atoms with Crippen molar-refractivity contribution < 1.29 is 0 Å². The molecule has 1 aliphatic heterocycles. The third-order valence-corrected chi connectivity index (χ3v) is 4.54. The Morgan fingerprint density at radius 1 is 1.42 bits per heavy atom. The normalized spacial score (nSPS) is 22.9. The van der Waals surface area contributed by atoms with Gasteiger partial charge in [-0.1, -0.05) is 22.9 Å². The molecule has 0 spiro atoms. The molecule has 2 heterocycles. The lowest BCUT2D eigenvalue weighted by Gasteiger charge is -2.25. The minimum atomic E-state index is 0.177. The van der Waals surface area contributed by atoms with Gasteiger partial charge in [0.15, 0.2) is 0 Å². The van der Waals surface area contributed by atoms with Crippen LogP contribution in [-0.2, 0) is 5.41 Å². The Labute approximate surface area is 122 Å². The highest BCUT2D eigenvalue weighted by molar-refractivity contribution is 9.10. The predicted molar refractivity (Wildman–Crippen MR) is 80.8 cm³/mol. The molecule has 1 saturated heterocycles. The van der Waals surface area contributed by atoms with E-state index in [4.69, 9.17) is 0 Å². The highest BCUT2D eigenvalue weighted by Crippen LogP contribution is 2.32. The van der Waals surface area contributed by atoms with Crippen LogP contribution in [0.25, 0.3) is 5.69 Å². The first-order valence-corrected chi connectivity index (χ1v) is 7.39. The molecule has 3 nitrogen and oxygen atoms in total. The van der Waals surface area contributed by atoms with Gasteiger partial charge in [0, 0.05) is 34.0 Å². The topological polar surface area (TPSA) is 29.9 Å². The molecule has 19 heavy (non-hydrogen) atoms. The van der Waals surface area contributed by atoms with Crippen LogP contribution in [0, 0.1) is 6.92 Å². The van der Waals surface area contributed by atoms with E-state index in [0.717, 1.165) is 24.0 Å². The molecule has 0 aliphatic carbocycles. The van der Waals surface area contributed by atoms with Crippen molar-refractivity contribution in [3.05, 3.63) is 46.5 Å². The maximum absolute atomic E-state index is 4.38. The maximum atomic E-state index is 4.38. The van der Waals surface area contributed by atoms with Gasteiger partial charge in [-0.2, -0.15) is 0 Å². The van der Waals surface area contributed by atoms with Crippen molar-refractivity contribution in [1.29, 1.82) is 0 Å². The molecule has 0 amide bonds. The minimum Gasteiger partial charge on any atom is -0.316 e. The van der Waals surface area contributed by atoms with Gasteiger partial charge >= 0.3 is 0 Å². The fourth-order valence-corrected chi connectivity index (χ4v) is 3.33. The van der Waals surface area contributed by atoms with Gasteiger partial charge in [-0.05, 0) is 43.7 Å². The summed E-state index contributed by atoms with van der Waals surface area (Å²) in [6, 6.07) is 6.38. The van der Waals surface area contributed by atoms with Crippen LogP contribution in [-0.4, -0.2) is 22.6 Å². The largest absolute Gasteiger partial charge is 0.316 e. The molecule has 0 bridgehead atoms. The first-order valence-electron chi connectivity index (χ1n) is 6.60. The summed E-state index contributed by atoms with van der Waals surface area (Å²) in [5.41, 5.74) is 3.94. The first-order chi connectivity index (χ1) is 9.10. The van der Waals surface area contributed by atoms with Crippen LogP contribution in [0.4, 0.5) is 0 Å². The Hall–Kier alpha value is -1.13. The lowest BCUT2D eigenvalue weighted by atomic mass is 9.86. The Morgan fingerprint density at radius 2 is 2.26 bits per heavy atom. The van der Waals surface area contributed by atoms with Crippen molar-refractivity contribution in [3.63, 3.8) is 0 Å². The molecule has 1 unspecified atom stereocenters. The fraction of sp³-hybridized carbons (Fsp3) is 0.400. The van der Waals surface area contributed by atoms with E-state index in [1.807, 2.05) is 12.5 Å². The van der Waals surface area contributed by atoms with Crippen LogP contribution in [0.2, 0.25) is 0 Å². The summed E-state index contributed by atoms with van der Waals surface area (Å²) in [6.45, 7) is 6.56. The number of hydrogen-bond acceptors (Lipinski definition) is 2. The number of imidazole rings is 1. The van der Waals surface area contributed by atoms with Crippen molar-refractivity contribution in [3.8, 4) is 5.69 Å². The third-order valence-electron chi connectivity index (χ3n) is 4.04. The Morgan fingerprint density at radius 3 is 2.95 bits per heavy atom. The molecule has 100 valence electrons. The second-order valence-electron chi connectivity index (χ2n) is 5.57. The average Bonchev–Trinajstić information content (AvgIpc) is 2.98. The number of aromatic nitrogens is 2. The summed E-state index contributed by atoms with van der Waals surface area (Å²) in [7, 11) is 0. The lowest BCUT2D eigenvalue weighted by molar-refractivity contribution is 0.498. The van der Waals surface area contributed by atoms with E-state index in [1.165, 1.54) is 16.9 Å². The number of aryl methyl sites for hydroxylation is 1. The number of halogens is 1. The number of hydrogen-bond donors (Lipinski definition) is 1. The Kier molecular flexibility index (Phi) is 3.23. The molecule has 3 rings (SSSR count). The van der Waals surface area contributed by atoms with Crippen LogP contribution in [0.5, 0.6) is 0 Å². The maximum Gasteiger partial charge on any atom is 0.0994 e. The number of nitrogens with zero attached hydrogens (tertiary/aromatic N) is 2. The average molecular weight is 320 g/mol. The van der Waals surface area contributed by atoms with Crippen LogP contribution in [0.1, 0.15) is 24.6 Å². The van der Waals surface area contributed by atoms with Gasteiger partial charge in [-0.25, -0.2) is 4.98 Å². The first kappa shape index (κ1) is 12.9. The third kappa shape index (κ3) is 2.23. The zero-order valence-corrected chi connectivity index (χ0v) is 12.9. The quantitative estimate of drug-likeness (QED) is 0.921. The monoisotopic (exact) mass is 319 g/mol. The molecule has 1 aromatic carbocycles. The van der Waals surface area contributed by atoms with Crippen LogP contribution >= 0.6 is 15.9 Å². The van der Waals surface area contributed by atoms with Gasteiger partial charge in [0.25, 0.3) is 0 Å². The molecule has 1 fully saturated rings. The molecule has 1 aliphatic rings. The van der Waals surface area contributed by atoms with E-state index in [9.17, 15) is 0 Å². The predicted octanol–water partition coefficient (Wildman–Crippen LogP) is 3.19. The van der Waals surface area contributed by atoms with Crippen molar-refractivity contribution in [2.75, 3.05) is 13.1 Å². The zero-order valence-electron chi connectivity index (χ0n) is 11.3. The summed E-state index contributed by atoms with van der Waals surface area (Å²) >= 11 is 3.52. The van der Waals surface area contributed by atoms with Crippen LogP contribution < -0.4 is 5.32 Å². The van der Waals surface area contributed by atoms with E-state index in [1.54, 1.807) is 0 Å². The van der Waals surface area contributed by atoms with Gasteiger partial charge in [0.2, 0.25) is 0 Å². The molecule has 0 saturated carbocycles. The van der Waals surface area contributed by atoms with Gasteiger partial charge < -0.3 is 9.88 Å². The van der Waals surface area contributed by atoms with Crippen LogP contribution in [0.3, 0.4) is 0 Å². The van der Waals surface area contributed by atoms with E-state index in [2.05, 4.69) is 62.8 Å². The minimum absolute atomic E-state index is 0.177. The second kappa shape index (κ2) is 4.76. The summed E-state index contributed by atoms with van der Waals surface area (Å²) in [5, 5.41) is 3.45. The molecule has 4 heteroatoms. The molecule has 1 atom stereocenters. The number of nitrogens with one attached hydrogen (secondary N) is 1. The second-order valence-corrected chi connectivity index (χ2v) is 6.48. The van der Waals surface area contributed by atoms with Gasteiger partial charge in [0.05, 0.1) is 6.33 Å². The zero-order chi connectivity index (χ0) is 13.5. The molecule has 2 aromatic rings. The van der Waals surface area contributed by atoms with Crippen molar-refractivity contribution in [2.45, 2.75) is 25.7 Å². The Bertz CT molecular complexity index is 597. The van der Waals surface area contributed by atoms with Crippen LogP contribution in [0.15, 0.2) is 35.2 Å². The van der Waals surface area contributed by atoms with E-state index < -0.39 is 0 Å². The Balaban J connectivity index is 2.09. The number of rotatable bonds is 2. The van der Waals surface area contributed by atoms with Gasteiger partial charge in [-0.15, -0.1) is 0 Å². The van der Waals surface area contributed by atoms with Crippen molar-refractivity contribution >= 4 is 15.9 Å². The lowest BCUT2D eigenvalue weighted by Crippen LogP contribution is -2.27. The summed E-state index contributed by atoms with van der Waals surface area (Å²) < 4.78 is 3.35. The van der Waals surface area contributed by atoms with Crippen molar-refractivity contribution in [2.24, 2.45) is 0 Å². The molecule has 1 aromatic heterocycles. The molecular weight excluding hydrogens is 302 g/mol. The molecule has 0 radical (unpaired) electrons. The fourth-order valence-electron chi connectivity index (χ4n) is 2.86. The SMILES string of the molecule is Cc1cc(Br)ccc1-n1cncc1C1(C)CCNC1. The summed E-state index contributed by atoms with van der Waals surface area (Å²) in [5.74, 6) is 0. The standard InChI is InChI=1S/C15H18BrN3/c1-11-7-12(16)3-4-13(11)19-10-18-8-14(19)15(2)5-6-17-9-15/h3-4,7-8,10,17H,5-6,9H2,1-2H3. The van der Waals surface area contributed by atoms with E-state index >= 15 is 0 Å². The van der Waals surface area contributed by atoms with E-state index in [-0.39, 0.29) is 5.41 Å². The van der Waals surface area contributed by atoms with E-state index in [0.29, 0.717) is 0 Å². The number of benzene rings is 1. The highest BCUT2D eigenvalue weighted by atomic mass is 79.9. The molecule has 1 N–H and O–H groups in total. The molecular formula is C15H18BrN3.